The molecule has 1 N–H and O–H groups in total. The molecule has 2 aliphatic rings. The lowest BCUT2D eigenvalue weighted by atomic mass is 9.82. The average Bonchev–Trinajstić information content (AvgIpc) is 2.38. The van der Waals surface area contributed by atoms with Gasteiger partial charge in [0.1, 0.15) is 0 Å². The Morgan fingerprint density at radius 2 is 2.17 bits per heavy atom. The van der Waals surface area contributed by atoms with Crippen LogP contribution in [0.1, 0.15) is 52.9 Å². The highest BCUT2D eigenvalue weighted by Crippen LogP contribution is 2.29. The molecule has 1 saturated carbocycles. The van der Waals surface area contributed by atoms with Crippen LogP contribution < -0.4 is 5.32 Å². The highest BCUT2D eigenvalue weighted by atomic mass is 15.2. The average molecular weight is 252 g/mol. The lowest BCUT2D eigenvalue weighted by Crippen LogP contribution is -2.54. The van der Waals surface area contributed by atoms with Crippen molar-refractivity contribution in [2.45, 2.75) is 58.9 Å². The molecule has 0 bridgehead atoms. The molecule has 4 unspecified atom stereocenters. The van der Waals surface area contributed by atoms with Crippen LogP contribution >= 0.6 is 0 Å². The standard InChI is InChI=1S/C16H32N2/c1-4-14(3)16-12-18(9-8-17-16)11-15-7-5-6-13(2)10-15/h13-17H,4-12H2,1-3H3. The third kappa shape index (κ3) is 3.96. The Balaban J connectivity index is 1.78. The van der Waals surface area contributed by atoms with Gasteiger partial charge in [0, 0.05) is 32.2 Å². The molecule has 18 heavy (non-hydrogen) atoms. The fourth-order valence-corrected chi connectivity index (χ4v) is 3.76. The first-order chi connectivity index (χ1) is 8.69. The molecule has 0 amide bonds. The summed E-state index contributed by atoms with van der Waals surface area (Å²) in [6.45, 7) is 12.2. The molecule has 0 radical (unpaired) electrons. The Morgan fingerprint density at radius 1 is 1.33 bits per heavy atom. The Labute approximate surface area is 114 Å². The van der Waals surface area contributed by atoms with Gasteiger partial charge in [-0.05, 0) is 30.6 Å². The van der Waals surface area contributed by atoms with Crippen molar-refractivity contribution in [3.8, 4) is 0 Å². The zero-order valence-electron chi connectivity index (χ0n) is 12.6. The van der Waals surface area contributed by atoms with Crippen molar-refractivity contribution in [3.63, 3.8) is 0 Å². The quantitative estimate of drug-likeness (QED) is 0.827. The fourth-order valence-electron chi connectivity index (χ4n) is 3.76. The molecular weight excluding hydrogens is 220 g/mol. The SMILES string of the molecule is CCC(C)C1CN(CC2CCCC(C)C2)CCN1. The maximum absolute atomic E-state index is 3.70. The summed E-state index contributed by atoms with van der Waals surface area (Å²) in [6.07, 6.45) is 7.17. The van der Waals surface area contributed by atoms with Gasteiger partial charge in [-0.1, -0.05) is 40.0 Å². The molecule has 2 fully saturated rings. The molecular formula is C16H32N2. The van der Waals surface area contributed by atoms with E-state index in [1.807, 2.05) is 0 Å². The van der Waals surface area contributed by atoms with E-state index in [2.05, 4.69) is 31.0 Å². The summed E-state index contributed by atoms with van der Waals surface area (Å²) in [5.74, 6) is 2.76. The number of hydrogen-bond acceptors (Lipinski definition) is 2. The number of nitrogens with one attached hydrogen (secondary N) is 1. The molecule has 1 aliphatic heterocycles. The van der Waals surface area contributed by atoms with E-state index in [0.29, 0.717) is 0 Å². The molecule has 0 aromatic rings. The summed E-state index contributed by atoms with van der Waals surface area (Å²) in [6, 6.07) is 0.727. The van der Waals surface area contributed by atoms with Crippen LogP contribution in [0.25, 0.3) is 0 Å². The molecule has 1 heterocycles. The summed E-state index contributed by atoms with van der Waals surface area (Å²) in [5, 5.41) is 3.70. The molecule has 2 rings (SSSR count). The molecule has 4 atom stereocenters. The van der Waals surface area contributed by atoms with E-state index in [9.17, 15) is 0 Å². The third-order valence-electron chi connectivity index (χ3n) is 5.18. The van der Waals surface area contributed by atoms with Crippen LogP contribution in [0.3, 0.4) is 0 Å². The largest absolute Gasteiger partial charge is 0.311 e. The van der Waals surface area contributed by atoms with E-state index in [4.69, 9.17) is 0 Å². The van der Waals surface area contributed by atoms with Crippen LogP contribution in [0, 0.1) is 17.8 Å². The maximum atomic E-state index is 3.70. The summed E-state index contributed by atoms with van der Waals surface area (Å²) in [7, 11) is 0. The molecule has 0 spiro atoms. The van der Waals surface area contributed by atoms with E-state index in [-0.39, 0.29) is 0 Å². The summed E-state index contributed by atoms with van der Waals surface area (Å²) >= 11 is 0. The van der Waals surface area contributed by atoms with Crippen molar-refractivity contribution >= 4 is 0 Å². The Morgan fingerprint density at radius 3 is 2.89 bits per heavy atom. The zero-order chi connectivity index (χ0) is 13.0. The van der Waals surface area contributed by atoms with Crippen LogP contribution in [-0.4, -0.2) is 37.1 Å². The minimum Gasteiger partial charge on any atom is -0.311 e. The first-order valence-electron chi connectivity index (χ1n) is 8.14. The van der Waals surface area contributed by atoms with Crippen molar-refractivity contribution in [2.75, 3.05) is 26.2 Å². The van der Waals surface area contributed by atoms with Gasteiger partial charge in [-0.3, -0.25) is 0 Å². The molecule has 0 aromatic carbocycles. The van der Waals surface area contributed by atoms with Gasteiger partial charge in [0.15, 0.2) is 0 Å². The summed E-state index contributed by atoms with van der Waals surface area (Å²) in [5.41, 5.74) is 0. The predicted octanol–water partition coefficient (Wildman–Crippen LogP) is 3.13. The smallest absolute Gasteiger partial charge is 0.0221 e. The van der Waals surface area contributed by atoms with Crippen molar-refractivity contribution in [3.05, 3.63) is 0 Å². The number of nitrogens with zero attached hydrogens (tertiary/aromatic N) is 1. The van der Waals surface area contributed by atoms with Gasteiger partial charge in [-0.25, -0.2) is 0 Å². The first kappa shape index (κ1) is 14.3. The molecule has 0 aromatic heterocycles. The van der Waals surface area contributed by atoms with Crippen LogP contribution in [0.4, 0.5) is 0 Å². The van der Waals surface area contributed by atoms with Crippen LogP contribution in [-0.2, 0) is 0 Å². The Kier molecular flexibility index (Phi) is 5.50. The Bertz CT molecular complexity index is 241. The van der Waals surface area contributed by atoms with E-state index < -0.39 is 0 Å². The van der Waals surface area contributed by atoms with Crippen LogP contribution in [0.2, 0.25) is 0 Å². The van der Waals surface area contributed by atoms with Crippen LogP contribution in [0.15, 0.2) is 0 Å². The van der Waals surface area contributed by atoms with E-state index in [0.717, 1.165) is 23.8 Å². The van der Waals surface area contributed by atoms with Gasteiger partial charge in [0.2, 0.25) is 0 Å². The molecule has 1 saturated heterocycles. The maximum Gasteiger partial charge on any atom is 0.0221 e. The lowest BCUT2D eigenvalue weighted by molar-refractivity contribution is 0.127. The van der Waals surface area contributed by atoms with E-state index in [1.165, 1.54) is 58.3 Å². The van der Waals surface area contributed by atoms with Gasteiger partial charge >= 0.3 is 0 Å². The number of hydrogen-bond donors (Lipinski definition) is 1. The second-order valence-corrected chi connectivity index (χ2v) is 6.84. The topological polar surface area (TPSA) is 15.3 Å². The minimum atomic E-state index is 0.727. The van der Waals surface area contributed by atoms with Crippen molar-refractivity contribution in [1.29, 1.82) is 0 Å². The second kappa shape index (κ2) is 6.91. The molecule has 2 nitrogen and oxygen atoms in total. The summed E-state index contributed by atoms with van der Waals surface area (Å²) < 4.78 is 0. The molecule has 1 aliphatic carbocycles. The third-order valence-corrected chi connectivity index (χ3v) is 5.18. The van der Waals surface area contributed by atoms with E-state index in [1.54, 1.807) is 0 Å². The summed E-state index contributed by atoms with van der Waals surface area (Å²) in [4.78, 5) is 2.73. The zero-order valence-corrected chi connectivity index (χ0v) is 12.6. The van der Waals surface area contributed by atoms with Crippen molar-refractivity contribution in [2.24, 2.45) is 17.8 Å². The monoisotopic (exact) mass is 252 g/mol. The fraction of sp³-hybridized carbons (Fsp3) is 1.00. The first-order valence-corrected chi connectivity index (χ1v) is 8.14. The predicted molar refractivity (Wildman–Crippen MR) is 78.8 cm³/mol. The molecule has 106 valence electrons. The Hall–Kier alpha value is -0.0800. The minimum absolute atomic E-state index is 0.727. The second-order valence-electron chi connectivity index (χ2n) is 6.84. The van der Waals surface area contributed by atoms with Gasteiger partial charge in [0.05, 0.1) is 0 Å². The van der Waals surface area contributed by atoms with Gasteiger partial charge in [-0.2, -0.15) is 0 Å². The normalized spacial score (nSPS) is 36.5. The number of piperazine rings is 1. The van der Waals surface area contributed by atoms with Gasteiger partial charge < -0.3 is 10.2 Å². The highest BCUT2D eigenvalue weighted by molar-refractivity contribution is 4.84. The lowest BCUT2D eigenvalue weighted by Gasteiger charge is -2.39. The number of rotatable bonds is 4. The van der Waals surface area contributed by atoms with Crippen molar-refractivity contribution in [1.82, 2.24) is 10.2 Å². The van der Waals surface area contributed by atoms with Crippen LogP contribution in [0.5, 0.6) is 0 Å². The highest BCUT2D eigenvalue weighted by Gasteiger charge is 2.26. The van der Waals surface area contributed by atoms with Gasteiger partial charge in [0.25, 0.3) is 0 Å². The van der Waals surface area contributed by atoms with Crippen molar-refractivity contribution < 1.29 is 0 Å². The molecule has 2 heteroatoms. The van der Waals surface area contributed by atoms with E-state index >= 15 is 0 Å². The van der Waals surface area contributed by atoms with Gasteiger partial charge in [-0.15, -0.1) is 0 Å².